The van der Waals surface area contributed by atoms with Crippen LogP contribution in [0.1, 0.15) is 5.56 Å². The molecule has 2 aromatic carbocycles. The van der Waals surface area contributed by atoms with Gasteiger partial charge in [-0.1, -0.05) is 22.9 Å². The number of hydrogen-bond acceptors (Lipinski definition) is 6. The summed E-state index contributed by atoms with van der Waals surface area (Å²) in [6, 6.07) is 8.99. The number of rotatable bonds is 4. The van der Waals surface area contributed by atoms with Crippen LogP contribution in [-0.2, 0) is 16.1 Å². The normalized spacial score (nSPS) is 21.1. The van der Waals surface area contributed by atoms with E-state index in [9.17, 15) is 14.0 Å². The molecule has 1 saturated heterocycles. The van der Waals surface area contributed by atoms with Crippen molar-refractivity contribution in [3.8, 4) is 5.75 Å². The van der Waals surface area contributed by atoms with Crippen LogP contribution in [0.3, 0.4) is 0 Å². The minimum Gasteiger partial charge on any atom is -0.497 e. The largest absolute Gasteiger partial charge is 0.497 e. The molecule has 2 aliphatic rings. The number of ether oxygens (including phenoxy) is 1. The quantitative estimate of drug-likeness (QED) is 0.755. The number of methoxy groups -OCH3 is 1. The van der Waals surface area contributed by atoms with Gasteiger partial charge in [0.05, 0.1) is 19.3 Å². The molecule has 0 aromatic heterocycles. The van der Waals surface area contributed by atoms with Gasteiger partial charge in [0.25, 0.3) is 11.8 Å². The molecule has 4 rings (SSSR count). The SMILES string of the molecule is COc1ccc(N2C(=O)[C@H]3N=NN(Cc4c(F)cccc4Cl)[C@H]3C2=O)cc1. The number of fused-ring (bicyclic) bond motifs is 1. The number of benzene rings is 2. The second-order valence-corrected chi connectivity index (χ2v) is 6.51. The van der Waals surface area contributed by atoms with Gasteiger partial charge in [-0.3, -0.25) is 14.6 Å². The lowest BCUT2D eigenvalue weighted by Gasteiger charge is -2.21. The van der Waals surface area contributed by atoms with E-state index in [-0.39, 0.29) is 17.1 Å². The molecular formula is C18H14ClFN4O3. The molecule has 0 spiro atoms. The van der Waals surface area contributed by atoms with Crippen molar-refractivity contribution < 1.29 is 18.7 Å². The van der Waals surface area contributed by atoms with E-state index in [1.807, 2.05) is 0 Å². The summed E-state index contributed by atoms with van der Waals surface area (Å²) in [7, 11) is 1.53. The standard InChI is InChI=1S/C18H14ClFN4O3/c1-27-11-7-5-10(6-8-11)24-17(25)15-16(18(24)26)23(22-21-15)9-12-13(19)3-2-4-14(12)20/h2-8,15-16H,9H2,1H3/t15-,16+/m0/s1. The van der Waals surface area contributed by atoms with Crippen LogP contribution < -0.4 is 9.64 Å². The lowest BCUT2D eigenvalue weighted by Crippen LogP contribution is -2.39. The fourth-order valence-corrected chi connectivity index (χ4v) is 3.41. The van der Waals surface area contributed by atoms with Crippen molar-refractivity contribution in [2.75, 3.05) is 12.0 Å². The minimum absolute atomic E-state index is 0.0638. The van der Waals surface area contributed by atoms with E-state index in [4.69, 9.17) is 16.3 Å². The zero-order valence-corrected chi connectivity index (χ0v) is 14.9. The molecule has 0 saturated carbocycles. The molecule has 1 fully saturated rings. The smallest absolute Gasteiger partial charge is 0.263 e. The van der Waals surface area contributed by atoms with Crippen LogP contribution in [-0.4, -0.2) is 36.0 Å². The first-order valence-corrected chi connectivity index (χ1v) is 8.51. The molecule has 2 heterocycles. The number of amides is 2. The third-order valence-corrected chi connectivity index (χ3v) is 4.92. The highest BCUT2D eigenvalue weighted by Gasteiger charge is 2.54. The number of anilines is 1. The van der Waals surface area contributed by atoms with Crippen molar-refractivity contribution in [1.29, 1.82) is 0 Å². The average molecular weight is 389 g/mol. The lowest BCUT2D eigenvalue weighted by molar-refractivity contribution is -0.123. The van der Waals surface area contributed by atoms with E-state index in [1.54, 1.807) is 30.3 Å². The number of nitrogens with zero attached hydrogens (tertiary/aromatic N) is 4. The Morgan fingerprint density at radius 3 is 2.56 bits per heavy atom. The van der Waals surface area contributed by atoms with Crippen LogP contribution in [0.15, 0.2) is 52.8 Å². The maximum atomic E-state index is 14.1. The van der Waals surface area contributed by atoms with Gasteiger partial charge in [0.2, 0.25) is 0 Å². The summed E-state index contributed by atoms with van der Waals surface area (Å²) in [6.07, 6.45) is 0. The Bertz CT molecular complexity index is 930. The fraction of sp³-hybridized carbons (Fsp3) is 0.222. The van der Waals surface area contributed by atoms with E-state index < -0.39 is 29.7 Å². The highest BCUT2D eigenvalue weighted by molar-refractivity contribution is 6.31. The Morgan fingerprint density at radius 1 is 1.15 bits per heavy atom. The maximum absolute atomic E-state index is 14.1. The summed E-state index contributed by atoms with van der Waals surface area (Å²) in [4.78, 5) is 26.7. The highest BCUT2D eigenvalue weighted by Crippen LogP contribution is 2.34. The van der Waals surface area contributed by atoms with Crippen LogP contribution >= 0.6 is 11.6 Å². The molecule has 0 aliphatic carbocycles. The van der Waals surface area contributed by atoms with Gasteiger partial charge in [-0.15, -0.1) is 0 Å². The van der Waals surface area contributed by atoms with Crippen LogP contribution in [0.4, 0.5) is 10.1 Å². The predicted molar refractivity (Wildman–Crippen MR) is 94.9 cm³/mol. The number of carbonyl (C=O) groups is 2. The number of carbonyl (C=O) groups excluding carboxylic acids is 2. The van der Waals surface area contributed by atoms with Crippen molar-refractivity contribution in [3.63, 3.8) is 0 Å². The monoisotopic (exact) mass is 388 g/mol. The Balaban J connectivity index is 1.61. The minimum atomic E-state index is -0.954. The zero-order valence-electron chi connectivity index (χ0n) is 14.2. The van der Waals surface area contributed by atoms with Crippen LogP contribution in [0.5, 0.6) is 5.75 Å². The molecule has 9 heteroatoms. The van der Waals surface area contributed by atoms with Crippen molar-refractivity contribution in [2.24, 2.45) is 10.3 Å². The summed E-state index contributed by atoms with van der Waals surface area (Å²) >= 11 is 6.06. The third-order valence-electron chi connectivity index (χ3n) is 4.57. The second-order valence-electron chi connectivity index (χ2n) is 6.10. The topological polar surface area (TPSA) is 74.6 Å². The van der Waals surface area contributed by atoms with Crippen LogP contribution in [0.25, 0.3) is 0 Å². The van der Waals surface area contributed by atoms with E-state index in [2.05, 4.69) is 10.3 Å². The fourth-order valence-electron chi connectivity index (χ4n) is 3.18. The van der Waals surface area contributed by atoms with Gasteiger partial charge in [-0.25, -0.2) is 9.29 Å². The molecule has 2 aliphatic heterocycles. The van der Waals surface area contributed by atoms with E-state index >= 15 is 0 Å². The molecule has 0 bridgehead atoms. The number of imide groups is 1. The summed E-state index contributed by atoms with van der Waals surface area (Å²) in [6.45, 7) is -0.0638. The van der Waals surface area contributed by atoms with Crippen molar-refractivity contribution in [2.45, 2.75) is 18.6 Å². The Morgan fingerprint density at radius 2 is 1.89 bits per heavy atom. The van der Waals surface area contributed by atoms with E-state index in [0.29, 0.717) is 11.4 Å². The molecular weight excluding hydrogens is 375 g/mol. The van der Waals surface area contributed by atoms with Crippen LogP contribution in [0.2, 0.25) is 5.02 Å². The van der Waals surface area contributed by atoms with Gasteiger partial charge in [-0.2, -0.15) is 5.11 Å². The molecule has 138 valence electrons. The number of halogens is 2. The zero-order chi connectivity index (χ0) is 19.1. The van der Waals surface area contributed by atoms with Crippen molar-refractivity contribution in [3.05, 3.63) is 58.9 Å². The molecule has 7 nitrogen and oxygen atoms in total. The molecule has 0 N–H and O–H groups in total. The van der Waals surface area contributed by atoms with Gasteiger partial charge >= 0.3 is 0 Å². The van der Waals surface area contributed by atoms with Crippen molar-refractivity contribution in [1.82, 2.24) is 5.01 Å². The van der Waals surface area contributed by atoms with E-state index in [0.717, 1.165) is 4.90 Å². The molecule has 2 atom stereocenters. The molecule has 2 amide bonds. The highest BCUT2D eigenvalue weighted by atomic mass is 35.5. The first-order valence-electron chi connectivity index (χ1n) is 8.13. The molecule has 0 radical (unpaired) electrons. The molecule has 2 aromatic rings. The van der Waals surface area contributed by atoms with Gasteiger partial charge < -0.3 is 4.74 Å². The first kappa shape index (κ1) is 17.4. The summed E-state index contributed by atoms with van der Waals surface area (Å²) in [5.74, 6) is -0.841. The summed E-state index contributed by atoms with van der Waals surface area (Å²) < 4.78 is 19.2. The van der Waals surface area contributed by atoms with Gasteiger partial charge in [-0.05, 0) is 36.4 Å². The van der Waals surface area contributed by atoms with Gasteiger partial charge in [0, 0.05) is 10.6 Å². The Hall–Kier alpha value is -3.00. The Labute approximate surface area is 159 Å². The summed E-state index contributed by atoms with van der Waals surface area (Å²) in [5, 5.41) is 9.35. The van der Waals surface area contributed by atoms with Crippen molar-refractivity contribution >= 4 is 29.1 Å². The average Bonchev–Trinajstić information content (AvgIpc) is 3.19. The molecule has 27 heavy (non-hydrogen) atoms. The maximum Gasteiger partial charge on any atom is 0.263 e. The van der Waals surface area contributed by atoms with E-state index in [1.165, 1.54) is 24.3 Å². The predicted octanol–water partition coefficient (Wildman–Crippen LogP) is 2.98. The lowest BCUT2D eigenvalue weighted by atomic mass is 10.1. The molecule has 0 unspecified atom stereocenters. The van der Waals surface area contributed by atoms with Crippen LogP contribution in [0, 0.1) is 5.82 Å². The van der Waals surface area contributed by atoms with Gasteiger partial charge in [0.15, 0.2) is 12.1 Å². The first-order chi connectivity index (χ1) is 13.0. The van der Waals surface area contributed by atoms with Gasteiger partial charge in [0.1, 0.15) is 11.6 Å². The second kappa shape index (κ2) is 6.62. The Kier molecular flexibility index (Phi) is 4.27. The third kappa shape index (κ3) is 2.82. The summed E-state index contributed by atoms with van der Waals surface area (Å²) in [5.41, 5.74) is 0.612. The number of hydrogen-bond donors (Lipinski definition) is 0.